The molecule has 1 aromatic rings. The molecule has 110 valence electrons. The maximum atomic E-state index is 13.4. The Morgan fingerprint density at radius 2 is 2.15 bits per heavy atom. The lowest BCUT2D eigenvalue weighted by Crippen LogP contribution is -2.42. The molecule has 20 heavy (non-hydrogen) atoms. The highest BCUT2D eigenvalue weighted by atomic mass is 127. The number of halogens is 3. The molecule has 0 spiro atoms. The number of nitrogens with one attached hydrogen (secondary N) is 1. The molecule has 6 heteroatoms. The SMILES string of the molecule is CCCN(C(=O)c1cc(F)c(F)cc1I)C1CCNC1. The smallest absolute Gasteiger partial charge is 0.255 e. The summed E-state index contributed by atoms with van der Waals surface area (Å²) in [5, 5.41) is 3.22. The second-order valence-corrected chi connectivity index (χ2v) is 6.05. The average Bonchev–Trinajstić information content (AvgIpc) is 2.93. The van der Waals surface area contributed by atoms with Crippen molar-refractivity contribution in [2.45, 2.75) is 25.8 Å². The van der Waals surface area contributed by atoms with Crippen LogP contribution in [0.15, 0.2) is 12.1 Å². The maximum absolute atomic E-state index is 13.4. The monoisotopic (exact) mass is 394 g/mol. The van der Waals surface area contributed by atoms with E-state index in [4.69, 9.17) is 0 Å². The fourth-order valence-electron chi connectivity index (χ4n) is 2.44. The number of hydrogen-bond acceptors (Lipinski definition) is 2. The van der Waals surface area contributed by atoms with Crippen LogP contribution in [0.2, 0.25) is 0 Å². The largest absolute Gasteiger partial charge is 0.334 e. The lowest BCUT2D eigenvalue weighted by Gasteiger charge is -2.28. The molecule has 1 aliphatic rings. The Kier molecular flexibility index (Phi) is 5.31. The first-order chi connectivity index (χ1) is 9.54. The second kappa shape index (κ2) is 6.80. The molecular weight excluding hydrogens is 377 g/mol. The van der Waals surface area contributed by atoms with Crippen molar-refractivity contribution in [2.24, 2.45) is 0 Å². The van der Waals surface area contributed by atoms with E-state index < -0.39 is 11.6 Å². The zero-order valence-corrected chi connectivity index (χ0v) is 13.4. The molecule has 0 saturated carbocycles. The zero-order chi connectivity index (χ0) is 14.7. The van der Waals surface area contributed by atoms with Crippen molar-refractivity contribution in [1.82, 2.24) is 10.2 Å². The van der Waals surface area contributed by atoms with Crippen LogP contribution in [0.5, 0.6) is 0 Å². The Morgan fingerprint density at radius 3 is 2.75 bits per heavy atom. The number of rotatable bonds is 4. The van der Waals surface area contributed by atoms with E-state index in [-0.39, 0.29) is 17.5 Å². The number of hydrogen-bond donors (Lipinski definition) is 1. The van der Waals surface area contributed by atoms with Gasteiger partial charge in [0, 0.05) is 22.7 Å². The van der Waals surface area contributed by atoms with Gasteiger partial charge in [-0.2, -0.15) is 0 Å². The minimum atomic E-state index is -0.977. The molecule has 1 aromatic carbocycles. The molecule has 3 nitrogen and oxygen atoms in total. The number of amides is 1. The molecule has 1 amide bonds. The maximum Gasteiger partial charge on any atom is 0.255 e. The number of benzene rings is 1. The van der Waals surface area contributed by atoms with E-state index in [1.54, 1.807) is 4.90 Å². The molecule has 2 rings (SSSR count). The van der Waals surface area contributed by atoms with Gasteiger partial charge in [-0.05, 0) is 54.1 Å². The molecule has 1 aliphatic heterocycles. The number of carbonyl (C=O) groups excluding carboxylic acids is 1. The number of carbonyl (C=O) groups is 1. The quantitative estimate of drug-likeness (QED) is 0.630. The highest BCUT2D eigenvalue weighted by Gasteiger charge is 2.28. The topological polar surface area (TPSA) is 32.3 Å². The van der Waals surface area contributed by atoms with Crippen LogP contribution < -0.4 is 5.32 Å². The van der Waals surface area contributed by atoms with Gasteiger partial charge in [-0.3, -0.25) is 4.79 Å². The van der Waals surface area contributed by atoms with Crippen molar-refractivity contribution in [3.8, 4) is 0 Å². The van der Waals surface area contributed by atoms with Crippen molar-refractivity contribution >= 4 is 28.5 Å². The van der Waals surface area contributed by atoms with E-state index in [9.17, 15) is 13.6 Å². The zero-order valence-electron chi connectivity index (χ0n) is 11.3. The van der Waals surface area contributed by atoms with Crippen molar-refractivity contribution in [3.63, 3.8) is 0 Å². The Labute approximate surface area is 130 Å². The predicted molar refractivity (Wildman–Crippen MR) is 81.7 cm³/mol. The molecule has 0 bridgehead atoms. The van der Waals surface area contributed by atoms with Gasteiger partial charge in [-0.15, -0.1) is 0 Å². The first kappa shape index (κ1) is 15.6. The summed E-state index contributed by atoms with van der Waals surface area (Å²) >= 11 is 1.87. The third-order valence-electron chi connectivity index (χ3n) is 3.44. The van der Waals surface area contributed by atoms with Crippen LogP contribution in [-0.4, -0.2) is 36.5 Å². The fraction of sp³-hybridized carbons (Fsp3) is 0.500. The molecule has 1 heterocycles. The van der Waals surface area contributed by atoms with E-state index in [2.05, 4.69) is 5.32 Å². The summed E-state index contributed by atoms with van der Waals surface area (Å²) < 4.78 is 27.0. The minimum Gasteiger partial charge on any atom is -0.334 e. The van der Waals surface area contributed by atoms with Crippen LogP contribution >= 0.6 is 22.6 Å². The highest BCUT2D eigenvalue weighted by molar-refractivity contribution is 14.1. The summed E-state index contributed by atoms with van der Waals surface area (Å²) in [7, 11) is 0. The van der Waals surface area contributed by atoms with E-state index in [0.29, 0.717) is 10.1 Å². The van der Waals surface area contributed by atoms with Gasteiger partial charge in [0.05, 0.1) is 5.56 Å². The van der Waals surface area contributed by atoms with Gasteiger partial charge in [-0.25, -0.2) is 8.78 Å². The summed E-state index contributed by atoms with van der Waals surface area (Å²) in [5.74, 6) is -2.12. The van der Waals surface area contributed by atoms with Crippen molar-refractivity contribution in [2.75, 3.05) is 19.6 Å². The van der Waals surface area contributed by atoms with E-state index in [1.165, 1.54) is 0 Å². The van der Waals surface area contributed by atoms with Crippen LogP contribution in [0.3, 0.4) is 0 Å². The Bertz CT molecular complexity index is 504. The summed E-state index contributed by atoms with van der Waals surface area (Å²) in [6, 6.07) is 2.20. The molecule has 1 saturated heterocycles. The number of nitrogens with zero attached hydrogens (tertiary/aromatic N) is 1. The molecular formula is C14H17F2IN2O. The Hall–Kier alpha value is -0.760. The molecule has 0 radical (unpaired) electrons. The van der Waals surface area contributed by atoms with Crippen molar-refractivity contribution < 1.29 is 13.6 Å². The Morgan fingerprint density at radius 1 is 1.45 bits per heavy atom. The lowest BCUT2D eigenvalue weighted by atomic mass is 10.1. The summed E-state index contributed by atoms with van der Waals surface area (Å²) in [5.41, 5.74) is 0.241. The van der Waals surface area contributed by atoms with E-state index >= 15 is 0 Å². The van der Waals surface area contributed by atoms with E-state index in [1.807, 2.05) is 29.5 Å². The Balaban J connectivity index is 2.29. The first-order valence-corrected chi connectivity index (χ1v) is 7.78. The van der Waals surface area contributed by atoms with E-state index in [0.717, 1.165) is 38.1 Å². The van der Waals surface area contributed by atoms with Gasteiger partial charge < -0.3 is 10.2 Å². The third kappa shape index (κ3) is 3.28. The van der Waals surface area contributed by atoms with Crippen LogP contribution in [0, 0.1) is 15.2 Å². The molecule has 0 aliphatic carbocycles. The first-order valence-electron chi connectivity index (χ1n) is 6.70. The van der Waals surface area contributed by atoms with Crippen LogP contribution in [0.25, 0.3) is 0 Å². The van der Waals surface area contributed by atoms with Gasteiger partial charge in [0.25, 0.3) is 5.91 Å². The van der Waals surface area contributed by atoms with Gasteiger partial charge >= 0.3 is 0 Å². The fourth-order valence-corrected chi connectivity index (χ4v) is 3.10. The molecule has 0 aromatic heterocycles. The average molecular weight is 394 g/mol. The van der Waals surface area contributed by atoms with Gasteiger partial charge in [0.15, 0.2) is 11.6 Å². The predicted octanol–water partition coefficient (Wildman–Crippen LogP) is 2.78. The van der Waals surface area contributed by atoms with Gasteiger partial charge in [-0.1, -0.05) is 6.92 Å². The van der Waals surface area contributed by atoms with Gasteiger partial charge in [0.1, 0.15) is 0 Å². The van der Waals surface area contributed by atoms with Gasteiger partial charge in [0.2, 0.25) is 0 Å². The molecule has 1 unspecified atom stereocenters. The summed E-state index contributed by atoms with van der Waals surface area (Å²) in [6.07, 6.45) is 1.73. The van der Waals surface area contributed by atoms with Crippen LogP contribution in [0.4, 0.5) is 8.78 Å². The second-order valence-electron chi connectivity index (χ2n) is 4.89. The normalized spacial score (nSPS) is 18.3. The lowest BCUT2D eigenvalue weighted by molar-refractivity contribution is 0.0690. The van der Waals surface area contributed by atoms with Crippen molar-refractivity contribution in [3.05, 3.63) is 32.9 Å². The van der Waals surface area contributed by atoms with Crippen molar-refractivity contribution in [1.29, 1.82) is 0 Å². The van der Waals surface area contributed by atoms with Crippen LogP contribution in [-0.2, 0) is 0 Å². The summed E-state index contributed by atoms with van der Waals surface area (Å²) in [4.78, 5) is 14.4. The third-order valence-corrected chi connectivity index (χ3v) is 4.33. The standard InChI is InChI=1S/C14H17F2IN2O/c1-2-5-19(9-3-4-18-8-9)14(20)10-6-11(15)12(16)7-13(10)17/h6-7,9,18H,2-5,8H2,1H3. The minimum absolute atomic E-state index is 0.131. The molecule has 1 N–H and O–H groups in total. The molecule has 1 atom stereocenters. The van der Waals surface area contributed by atoms with Crippen LogP contribution in [0.1, 0.15) is 30.1 Å². The summed E-state index contributed by atoms with van der Waals surface area (Å²) in [6.45, 7) is 4.26. The molecule has 1 fully saturated rings. The highest BCUT2D eigenvalue weighted by Crippen LogP contribution is 2.21.